The normalized spacial score (nSPS) is 15.4. The summed E-state index contributed by atoms with van der Waals surface area (Å²) in [5.41, 5.74) is 3.14. The van der Waals surface area contributed by atoms with Crippen LogP contribution in [0.25, 0.3) is 0 Å². The molecule has 0 fully saturated rings. The number of hydrogen-bond donors (Lipinski definition) is 2. The Bertz CT molecular complexity index is 947. The van der Waals surface area contributed by atoms with Crippen LogP contribution < -0.4 is 14.8 Å². The van der Waals surface area contributed by atoms with E-state index in [0.717, 1.165) is 16.7 Å². The Morgan fingerprint density at radius 3 is 2.52 bits per heavy atom. The lowest BCUT2D eigenvalue weighted by Gasteiger charge is -2.37. The third-order valence-corrected chi connectivity index (χ3v) is 5.46. The predicted octanol–water partition coefficient (Wildman–Crippen LogP) is 4.27. The summed E-state index contributed by atoms with van der Waals surface area (Å²) in [5, 5.41) is 12.8. The summed E-state index contributed by atoms with van der Waals surface area (Å²) < 4.78 is 10.7. The number of amides is 2. The molecule has 0 aliphatic carbocycles. The number of hydrogen-bond acceptors (Lipinski definition) is 4. The lowest BCUT2D eigenvalue weighted by Crippen LogP contribution is -2.43. The average Bonchev–Trinajstić information content (AvgIpc) is 2.69. The highest BCUT2D eigenvalue weighted by Crippen LogP contribution is 2.39. The molecule has 7 nitrogen and oxygen atoms in total. The van der Waals surface area contributed by atoms with Gasteiger partial charge in [-0.15, -0.1) is 0 Å². The molecule has 8 heteroatoms. The Hall–Kier alpha value is -2.93. The van der Waals surface area contributed by atoms with Gasteiger partial charge in [0, 0.05) is 17.3 Å². The van der Waals surface area contributed by atoms with E-state index in [-0.39, 0.29) is 12.5 Å². The van der Waals surface area contributed by atoms with E-state index in [9.17, 15) is 14.7 Å². The van der Waals surface area contributed by atoms with Gasteiger partial charge >= 0.3 is 12.0 Å². The molecule has 0 saturated carbocycles. The highest BCUT2D eigenvalue weighted by molar-refractivity contribution is 6.31. The van der Waals surface area contributed by atoms with Gasteiger partial charge in [-0.05, 0) is 54.3 Å². The fraction of sp³-hybridized carbons (Fsp3) is 0.333. The van der Waals surface area contributed by atoms with Gasteiger partial charge in [0.1, 0.15) is 0 Å². The van der Waals surface area contributed by atoms with Gasteiger partial charge in [0.2, 0.25) is 0 Å². The van der Waals surface area contributed by atoms with Crippen LogP contribution in [0.1, 0.15) is 29.2 Å². The molecule has 0 radical (unpaired) electrons. The van der Waals surface area contributed by atoms with Crippen molar-refractivity contribution in [3.63, 3.8) is 0 Å². The zero-order chi connectivity index (χ0) is 21.1. The van der Waals surface area contributed by atoms with Crippen molar-refractivity contribution in [3.05, 3.63) is 52.0 Å². The van der Waals surface area contributed by atoms with E-state index in [1.807, 2.05) is 19.1 Å². The Morgan fingerprint density at radius 1 is 1.21 bits per heavy atom. The topological polar surface area (TPSA) is 88.1 Å². The summed E-state index contributed by atoms with van der Waals surface area (Å²) in [4.78, 5) is 26.0. The molecule has 3 rings (SSSR count). The molecule has 2 aromatic carbocycles. The van der Waals surface area contributed by atoms with Gasteiger partial charge in [-0.2, -0.15) is 0 Å². The molecule has 2 aromatic rings. The Morgan fingerprint density at radius 2 is 1.90 bits per heavy atom. The van der Waals surface area contributed by atoms with Gasteiger partial charge in [-0.1, -0.05) is 17.7 Å². The van der Waals surface area contributed by atoms with E-state index in [0.29, 0.717) is 35.2 Å². The van der Waals surface area contributed by atoms with Gasteiger partial charge in [0.25, 0.3) is 0 Å². The number of carbonyl (C=O) groups excluding carboxylic acids is 1. The zero-order valence-corrected chi connectivity index (χ0v) is 17.2. The Kier molecular flexibility index (Phi) is 6.17. The van der Waals surface area contributed by atoms with Gasteiger partial charge in [-0.25, -0.2) is 4.79 Å². The minimum absolute atomic E-state index is 0.218. The molecule has 1 aliphatic rings. The van der Waals surface area contributed by atoms with E-state index in [2.05, 4.69) is 5.32 Å². The number of anilines is 1. The largest absolute Gasteiger partial charge is 0.493 e. The van der Waals surface area contributed by atoms with E-state index >= 15 is 0 Å². The van der Waals surface area contributed by atoms with Crippen LogP contribution in [0.4, 0.5) is 10.5 Å². The number of ether oxygens (including phenoxy) is 2. The van der Waals surface area contributed by atoms with Gasteiger partial charge in [0.05, 0.1) is 26.7 Å². The van der Waals surface area contributed by atoms with Gasteiger partial charge < -0.3 is 24.8 Å². The number of carboxylic acids is 1. The molecule has 1 aliphatic heterocycles. The molecule has 29 heavy (non-hydrogen) atoms. The first-order chi connectivity index (χ1) is 13.8. The molecule has 1 heterocycles. The molecule has 0 aromatic heterocycles. The summed E-state index contributed by atoms with van der Waals surface area (Å²) in [6.07, 6.45) is 0.360. The number of aliphatic carboxylic acids is 1. The summed E-state index contributed by atoms with van der Waals surface area (Å²) in [6, 6.07) is 7.84. The van der Waals surface area contributed by atoms with Crippen LogP contribution in [0, 0.1) is 6.92 Å². The standard InChI is InChI=1S/C21H23ClN2O5/c1-12-4-5-14(9-16(12)22)23-21(27)24-7-6-13-8-18(28-2)19(29-3)10-15(13)17(24)11-20(25)26/h4-5,8-10,17H,6-7,11H2,1-3H3,(H,23,27)(H,25,26)/t17-/m0/s1. The maximum absolute atomic E-state index is 13.0. The number of rotatable bonds is 5. The summed E-state index contributed by atoms with van der Waals surface area (Å²) >= 11 is 6.14. The van der Waals surface area contributed by atoms with Crippen LogP contribution in [0.5, 0.6) is 11.5 Å². The van der Waals surface area contributed by atoms with Crippen molar-refractivity contribution in [2.75, 3.05) is 26.1 Å². The lowest BCUT2D eigenvalue weighted by atomic mass is 9.90. The van der Waals surface area contributed by atoms with E-state index < -0.39 is 12.0 Å². The van der Waals surface area contributed by atoms with Gasteiger partial charge in [0.15, 0.2) is 11.5 Å². The van der Waals surface area contributed by atoms with Crippen molar-refractivity contribution < 1.29 is 24.2 Å². The molecule has 154 valence electrons. The second kappa shape index (κ2) is 8.61. The number of carboxylic acid groups (broad SMARTS) is 1. The lowest BCUT2D eigenvalue weighted by molar-refractivity contribution is -0.138. The van der Waals surface area contributed by atoms with Crippen LogP contribution in [0.2, 0.25) is 5.02 Å². The summed E-state index contributed by atoms with van der Waals surface area (Å²) in [5.74, 6) is 0.0792. The van der Waals surface area contributed by atoms with E-state index in [4.69, 9.17) is 21.1 Å². The summed E-state index contributed by atoms with van der Waals surface area (Å²) in [7, 11) is 3.07. The second-order valence-electron chi connectivity index (χ2n) is 6.86. The molecule has 0 unspecified atom stereocenters. The number of benzene rings is 2. The third-order valence-electron chi connectivity index (χ3n) is 5.05. The first-order valence-electron chi connectivity index (χ1n) is 9.14. The van der Waals surface area contributed by atoms with Crippen molar-refractivity contribution >= 4 is 29.3 Å². The summed E-state index contributed by atoms with van der Waals surface area (Å²) in [6.45, 7) is 2.26. The van der Waals surface area contributed by atoms with Crippen molar-refractivity contribution in [3.8, 4) is 11.5 Å². The molecular formula is C21H23ClN2O5. The first kappa shape index (κ1) is 20.8. The quantitative estimate of drug-likeness (QED) is 0.756. The Balaban J connectivity index is 1.93. The molecule has 0 bridgehead atoms. The van der Waals surface area contributed by atoms with Crippen LogP contribution in [0.15, 0.2) is 30.3 Å². The minimum atomic E-state index is -0.992. The van der Waals surface area contributed by atoms with E-state index in [1.54, 1.807) is 25.3 Å². The van der Waals surface area contributed by atoms with Crippen LogP contribution in [-0.2, 0) is 11.2 Å². The maximum Gasteiger partial charge on any atom is 0.322 e. The SMILES string of the molecule is COc1cc2c(cc1OC)[C@H](CC(=O)O)N(C(=O)Nc1ccc(C)c(Cl)c1)CC2. The highest BCUT2D eigenvalue weighted by Gasteiger charge is 2.33. The number of carbonyl (C=O) groups is 2. The molecular weight excluding hydrogens is 396 g/mol. The number of urea groups is 1. The molecule has 2 amide bonds. The molecule has 0 spiro atoms. The van der Waals surface area contributed by atoms with Crippen LogP contribution in [-0.4, -0.2) is 42.8 Å². The maximum atomic E-state index is 13.0. The minimum Gasteiger partial charge on any atom is -0.493 e. The number of aryl methyl sites for hydroxylation is 1. The number of halogens is 1. The molecule has 2 N–H and O–H groups in total. The van der Waals surface area contributed by atoms with Crippen LogP contribution >= 0.6 is 11.6 Å². The fourth-order valence-electron chi connectivity index (χ4n) is 3.52. The Labute approximate surface area is 174 Å². The van der Waals surface area contributed by atoms with Crippen molar-refractivity contribution in [1.82, 2.24) is 4.90 Å². The smallest absolute Gasteiger partial charge is 0.322 e. The van der Waals surface area contributed by atoms with Crippen molar-refractivity contribution in [2.24, 2.45) is 0 Å². The monoisotopic (exact) mass is 418 g/mol. The van der Waals surface area contributed by atoms with Gasteiger partial charge in [-0.3, -0.25) is 4.79 Å². The zero-order valence-electron chi connectivity index (χ0n) is 16.5. The van der Waals surface area contributed by atoms with Crippen molar-refractivity contribution in [1.29, 1.82) is 0 Å². The number of methoxy groups -OCH3 is 2. The van der Waals surface area contributed by atoms with E-state index in [1.165, 1.54) is 12.0 Å². The number of nitrogens with one attached hydrogen (secondary N) is 1. The number of fused-ring (bicyclic) bond motifs is 1. The highest BCUT2D eigenvalue weighted by atomic mass is 35.5. The number of nitrogens with zero attached hydrogens (tertiary/aromatic N) is 1. The second-order valence-corrected chi connectivity index (χ2v) is 7.26. The molecule has 0 saturated heterocycles. The van der Waals surface area contributed by atoms with Crippen LogP contribution in [0.3, 0.4) is 0 Å². The fourth-order valence-corrected chi connectivity index (χ4v) is 3.70. The third kappa shape index (κ3) is 4.40. The first-order valence-corrected chi connectivity index (χ1v) is 9.52. The average molecular weight is 419 g/mol. The van der Waals surface area contributed by atoms with Crippen molar-refractivity contribution in [2.45, 2.75) is 25.8 Å². The predicted molar refractivity (Wildman–Crippen MR) is 110 cm³/mol. The molecule has 1 atom stereocenters.